The van der Waals surface area contributed by atoms with E-state index in [2.05, 4.69) is 4.98 Å². The van der Waals surface area contributed by atoms with Crippen LogP contribution in [0.15, 0.2) is 42.6 Å². The Morgan fingerprint density at radius 3 is 2.69 bits per heavy atom. The average Bonchev–Trinajstić information content (AvgIpc) is 2.32. The molecule has 0 aliphatic heterocycles. The number of benzene rings is 1. The number of phenolic OH excluding ortho intramolecular Hbond substituents is 1. The lowest BCUT2D eigenvalue weighted by molar-refractivity contribution is 0.477. The molecule has 3 nitrogen and oxygen atoms in total. The van der Waals surface area contributed by atoms with Crippen LogP contribution in [0.5, 0.6) is 5.75 Å². The second kappa shape index (κ2) is 4.66. The first kappa shape index (κ1) is 10.5. The van der Waals surface area contributed by atoms with Crippen LogP contribution in [0.25, 0.3) is 0 Å². The lowest BCUT2D eigenvalue weighted by Gasteiger charge is -2.04. The summed E-state index contributed by atoms with van der Waals surface area (Å²) >= 11 is 0. The van der Waals surface area contributed by atoms with E-state index in [1.54, 1.807) is 18.3 Å². The molecular weight excluding hydrogens is 200 g/mol. The molecular formula is C13H14N2O. The summed E-state index contributed by atoms with van der Waals surface area (Å²) in [5, 5.41) is 9.46. The Kier molecular flexibility index (Phi) is 3.05. The van der Waals surface area contributed by atoms with Crippen LogP contribution in [-0.2, 0) is 12.8 Å². The number of phenols is 1. The average molecular weight is 214 g/mol. The molecule has 1 aromatic heterocycles. The number of nitrogens with zero attached hydrogens (tertiary/aromatic N) is 1. The molecule has 3 N–H and O–H groups in total. The van der Waals surface area contributed by atoms with Crippen molar-refractivity contribution in [3.63, 3.8) is 0 Å². The monoisotopic (exact) mass is 214 g/mol. The van der Waals surface area contributed by atoms with Gasteiger partial charge in [-0.3, -0.25) is 4.98 Å². The number of nitrogen functional groups attached to an aromatic ring is 1. The first-order chi connectivity index (χ1) is 7.75. The molecule has 0 spiro atoms. The fourth-order valence-electron chi connectivity index (χ4n) is 1.56. The van der Waals surface area contributed by atoms with Crippen LogP contribution >= 0.6 is 0 Å². The van der Waals surface area contributed by atoms with Gasteiger partial charge in [0.2, 0.25) is 0 Å². The van der Waals surface area contributed by atoms with Crippen molar-refractivity contribution < 1.29 is 5.11 Å². The molecule has 0 unspecified atom stereocenters. The number of pyridine rings is 1. The molecule has 2 aromatic rings. The van der Waals surface area contributed by atoms with Crippen molar-refractivity contribution in [1.29, 1.82) is 0 Å². The van der Waals surface area contributed by atoms with Crippen molar-refractivity contribution >= 4 is 5.69 Å². The first-order valence-electron chi connectivity index (χ1n) is 5.23. The number of anilines is 1. The molecule has 82 valence electrons. The lowest BCUT2D eigenvalue weighted by atomic mass is 10.1. The van der Waals surface area contributed by atoms with Crippen LogP contribution in [-0.4, -0.2) is 10.1 Å². The predicted octanol–water partition coefficient (Wildman–Crippen LogP) is 2.15. The van der Waals surface area contributed by atoms with Gasteiger partial charge in [-0.05, 0) is 42.7 Å². The molecule has 0 saturated carbocycles. The van der Waals surface area contributed by atoms with Crippen molar-refractivity contribution in [2.24, 2.45) is 0 Å². The minimum atomic E-state index is 0.151. The Balaban J connectivity index is 2.03. The first-order valence-corrected chi connectivity index (χ1v) is 5.23. The number of aromatic hydroxyl groups is 1. The van der Waals surface area contributed by atoms with Gasteiger partial charge in [0.05, 0.1) is 5.69 Å². The van der Waals surface area contributed by atoms with Gasteiger partial charge in [-0.25, -0.2) is 0 Å². The number of nitrogens with two attached hydrogens (primary N) is 1. The standard InChI is InChI=1S/C13H14N2O/c14-12-7-5-10(9-13(12)16)4-6-11-3-1-2-8-15-11/h1-3,5,7-9,16H,4,6,14H2. The van der Waals surface area contributed by atoms with Crippen molar-refractivity contribution in [1.82, 2.24) is 4.98 Å². The van der Waals surface area contributed by atoms with E-state index >= 15 is 0 Å². The van der Waals surface area contributed by atoms with Crippen LogP contribution in [0.1, 0.15) is 11.3 Å². The van der Waals surface area contributed by atoms with Crippen LogP contribution in [0.2, 0.25) is 0 Å². The smallest absolute Gasteiger partial charge is 0.138 e. The molecule has 0 aliphatic carbocycles. The number of aryl methyl sites for hydroxylation is 2. The fourth-order valence-corrected chi connectivity index (χ4v) is 1.56. The zero-order chi connectivity index (χ0) is 11.4. The van der Waals surface area contributed by atoms with Crippen LogP contribution < -0.4 is 5.73 Å². The maximum Gasteiger partial charge on any atom is 0.138 e. The molecule has 1 heterocycles. The molecule has 1 aromatic carbocycles. The highest BCUT2D eigenvalue weighted by molar-refractivity contribution is 5.52. The van der Waals surface area contributed by atoms with Crippen LogP contribution in [0.4, 0.5) is 5.69 Å². The number of hydrogen-bond donors (Lipinski definition) is 2. The highest BCUT2D eigenvalue weighted by Crippen LogP contribution is 2.21. The molecule has 0 atom stereocenters. The van der Waals surface area contributed by atoms with E-state index < -0.39 is 0 Å². The summed E-state index contributed by atoms with van der Waals surface area (Å²) in [6.07, 6.45) is 3.50. The highest BCUT2D eigenvalue weighted by Gasteiger charge is 2.00. The Bertz CT molecular complexity index is 469. The number of hydrogen-bond acceptors (Lipinski definition) is 3. The SMILES string of the molecule is Nc1ccc(CCc2ccccn2)cc1O. The Hall–Kier alpha value is -2.03. The van der Waals surface area contributed by atoms with Gasteiger partial charge in [-0.1, -0.05) is 12.1 Å². The normalized spacial score (nSPS) is 10.2. The van der Waals surface area contributed by atoms with Gasteiger partial charge in [0.15, 0.2) is 0 Å². The third kappa shape index (κ3) is 2.51. The molecule has 0 fully saturated rings. The van der Waals surface area contributed by atoms with E-state index in [-0.39, 0.29) is 5.75 Å². The lowest BCUT2D eigenvalue weighted by Crippen LogP contribution is -1.94. The van der Waals surface area contributed by atoms with Crippen molar-refractivity contribution in [3.05, 3.63) is 53.9 Å². The minimum Gasteiger partial charge on any atom is -0.506 e. The number of aromatic nitrogens is 1. The Labute approximate surface area is 94.6 Å². The minimum absolute atomic E-state index is 0.151. The van der Waals surface area contributed by atoms with Crippen LogP contribution in [0, 0.1) is 0 Å². The fraction of sp³-hybridized carbons (Fsp3) is 0.154. The zero-order valence-corrected chi connectivity index (χ0v) is 8.93. The third-order valence-corrected chi connectivity index (χ3v) is 2.49. The van der Waals surface area contributed by atoms with Gasteiger partial charge in [0, 0.05) is 11.9 Å². The van der Waals surface area contributed by atoms with Gasteiger partial charge < -0.3 is 10.8 Å². The molecule has 0 bridgehead atoms. The second-order valence-corrected chi connectivity index (χ2v) is 3.71. The quantitative estimate of drug-likeness (QED) is 0.608. The van der Waals surface area contributed by atoms with Gasteiger partial charge in [-0.15, -0.1) is 0 Å². The van der Waals surface area contributed by atoms with E-state index in [1.165, 1.54) is 0 Å². The largest absolute Gasteiger partial charge is 0.506 e. The maximum absolute atomic E-state index is 9.46. The molecule has 0 amide bonds. The van der Waals surface area contributed by atoms with Gasteiger partial charge in [-0.2, -0.15) is 0 Å². The van der Waals surface area contributed by atoms with Crippen LogP contribution in [0.3, 0.4) is 0 Å². The Morgan fingerprint density at radius 1 is 1.12 bits per heavy atom. The zero-order valence-electron chi connectivity index (χ0n) is 8.93. The van der Waals surface area contributed by atoms with E-state index in [0.29, 0.717) is 5.69 Å². The van der Waals surface area contributed by atoms with Crippen molar-refractivity contribution in [2.45, 2.75) is 12.8 Å². The van der Waals surface area contributed by atoms with E-state index in [0.717, 1.165) is 24.1 Å². The summed E-state index contributed by atoms with van der Waals surface area (Å²) in [6.45, 7) is 0. The summed E-state index contributed by atoms with van der Waals surface area (Å²) in [7, 11) is 0. The summed E-state index contributed by atoms with van der Waals surface area (Å²) in [5.41, 5.74) is 8.07. The van der Waals surface area contributed by atoms with E-state index in [9.17, 15) is 5.11 Å². The highest BCUT2D eigenvalue weighted by atomic mass is 16.3. The van der Waals surface area contributed by atoms with Gasteiger partial charge >= 0.3 is 0 Å². The van der Waals surface area contributed by atoms with E-state index in [1.807, 2.05) is 24.3 Å². The molecule has 0 saturated heterocycles. The molecule has 16 heavy (non-hydrogen) atoms. The summed E-state index contributed by atoms with van der Waals surface area (Å²) in [5.74, 6) is 0.151. The van der Waals surface area contributed by atoms with Crippen molar-refractivity contribution in [2.75, 3.05) is 5.73 Å². The molecule has 2 rings (SSSR count). The van der Waals surface area contributed by atoms with Gasteiger partial charge in [0.25, 0.3) is 0 Å². The molecule has 0 aliphatic rings. The van der Waals surface area contributed by atoms with Gasteiger partial charge in [0.1, 0.15) is 5.75 Å². The molecule has 0 radical (unpaired) electrons. The second-order valence-electron chi connectivity index (χ2n) is 3.71. The molecule has 3 heteroatoms. The van der Waals surface area contributed by atoms with E-state index in [4.69, 9.17) is 5.73 Å². The topological polar surface area (TPSA) is 59.1 Å². The number of rotatable bonds is 3. The summed E-state index contributed by atoms with van der Waals surface area (Å²) in [6, 6.07) is 11.2. The third-order valence-electron chi connectivity index (χ3n) is 2.49. The summed E-state index contributed by atoms with van der Waals surface area (Å²) < 4.78 is 0. The van der Waals surface area contributed by atoms with Crippen molar-refractivity contribution in [3.8, 4) is 5.75 Å². The Morgan fingerprint density at radius 2 is 2.00 bits per heavy atom. The summed E-state index contributed by atoms with van der Waals surface area (Å²) in [4.78, 5) is 4.25. The maximum atomic E-state index is 9.46. The predicted molar refractivity (Wildman–Crippen MR) is 64.2 cm³/mol.